The topological polar surface area (TPSA) is 111 Å². The molecule has 0 saturated carbocycles. The van der Waals surface area contributed by atoms with E-state index in [1.165, 1.54) is 12.1 Å². The third kappa shape index (κ3) is 4.51. The normalized spacial score (nSPS) is 17.7. The lowest BCUT2D eigenvalue weighted by molar-refractivity contribution is -0.136. The second-order valence-corrected chi connectivity index (χ2v) is 7.40. The second-order valence-electron chi connectivity index (χ2n) is 5.84. The van der Waals surface area contributed by atoms with Gasteiger partial charge in [-0.15, -0.1) is 0 Å². The van der Waals surface area contributed by atoms with Crippen LogP contribution in [-0.2, 0) is 26.1 Å². The molecule has 0 aliphatic carbocycles. The zero-order valence-corrected chi connectivity index (χ0v) is 14.0. The molecule has 7 nitrogen and oxygen atoms in total. The lowest BCUT2D eigenvalue weighted by atomic mass is 9.78. The summed E-state index contributed by atoms with van der Waals surface area (Å²) in [5.41, 5.74) is 0.156. The van der Waals surface area contributed by atoms with E-state index in [0.717, 1.165) is 13.1 Å². The monoisotopic (exact) mass is 341 g/mol. The van der Waals surface area contributed by atoms with Crippen molar-refractivity contribution in [2.24, 2.45) is 10.6 Å². The first kappa shape index (κ1) is 17.9. The Hall–Kier alpha value is -1.48. The molecule has 0 aromatic heterocycles. The summed E-state index contributed by atoms with van der Waals surface area (Å²) in [5, 5.41) is 11.2. The van der Waals surface area contributed by atoms with Gasteiger partial charge in [-0.25, -0.2) is 13.6 Å². The first-order chi connectivity index (χ1) is 10.9. The number of amides is 1. The molecule has 1 aromatic rings. The zero-order valence-electron chi connectivity index (χ0n) is 13.2. The van der Waals surface area contributed by atoms with Crippen LogP contribution in [0.25, 0.3) is 0 Å². The highest BCUT2D eigenvalue weighted by molar-refractivity contribution is 7.89. The van der Waals surface area contributed by atoms with Gasteiger partial charge in [-0.05, 0) is 43.6 Å². The first-order valence-electron chi connectivity index (χ1n) is 7.47. The summed E-state index contributed by atoms with van der Waals surface area (Å²) in [6, 6.07) is 6.26. The maximum Gasteiger partial charge on any atom is 0.238 e. The van der Waals surface area contributed by atoms with Crippen molar-refractivity contribution in [3.05, 3.63) is 29.8 Å². The Kier molecular flexibility index (Phi) is 5.74. The second kappa shape index (κ2) is 7.39. The summed E-state index contributed by atoms with van der Waals surface area (Å²) in [4.78, 5) is 12.6. The number of rotatable bonds is 6. The zero-order chi connectivity index (χ0) is 16.9. The van der Waals surface area contributed by atoms with Crippen molar-refractivity contribution in [3.8, 4) is 0 Å². The third-order valence-corrected chi connectivity index (χ3v) is 5.05. The fourth-order valence-corrected chi connectivity index (χ4v) is 3.40. The van der Waals surface area contributed by atoms with Crippen LogP contribution in [-0.4, -0.2) is 41.1 Å². The van der Waals surface area contributed by atoms with Crippen LogP contribution in [0.1, 0.15) is 18.4 Å². The molecule has 1 heterocycles. The molecule has 4 N–H and O–H groups in total. The Bertz CT molecular complexity index is 649. The molecule has 8 heteroatoms. The summed E-state index contributed by atoms with van der Waals surface area (Å²) >= 11 is 0. The molecule has 0 atom stereocenters. The minimum absolute atomic E-state index is 0.0396. The third-order valence-electron chi connectivity index (χ3n) is 4.14. The van der Waals surface area contributed by atoms with Crippen molar-refractivity contribution in [1.82, 2.24) is 10.6 Å². The van der Waals surface area contributed by atoms with Gasteiger partial charge in [0.15, 0.2) is 0 Å². The van der Waals surface area contributed by atoms with Gasteiger partial charge in [0.05, 0.1) is 16.9 Å². The van der Waals surface area contributed by atoms with Crippen molar-refractivity contribution < 1.29 is 17.9 Å². The van der Waals surface area contributed by atoms with Gasteiger partial charge >= 0.3 is 0 Å². The predicted octanol–water partition coefficient (Wildman–Crippen LogP) is -0.0336. The molecule has 1 amide bonds. The minimum atomic E-state index is -3.75. The van der Waals surface area contributed by atoms with E-state index in [4.69, 9.17) is 9.88 Å². The number of piperidine rings is 1. The summed E-state index contributed by atoms with van der Waals surface area (Å²) in [6.45, 7) is 2.17. The van der Waals surface area contributed by atoms with Crippen molar-refractivity contribution in [2.45, 2.75) is 24.3 Å². The van der Waals surface area contributed by atoms with E-state index in [-0.39, 0.29) is 17.3 Å². The number of ether oxygens (including phenoxy) is 1. The van der Waals surface area contributed by atoms with Crippen molar-refractivity contribution in [1.29, 1.82) is 0 Å². The Balaban J connectivity index is 2.06. The van der Waals surface area contributed by atoms with Crippen molar-refractivity contribution in [3.63, 3.8) is 0 Å². The van der Waals surface area contributed by atoms with Crippen LogP contribution < -0.4 is 15.8 Å². The van der Waals surface area contributed by atoms with Crippen LogP contribution in [0.15, 0.2) is 29.2 Å². The van der Waals surface area contributed by atoms with E-state index in [1.54, 1.807) is 19.2 Å². The lowest BCUT2D eigenvalue weighted by Crippen LogP contribution is -2.49. The summed E-state index contributed by atoms with van der Waals surface area (Å²) < 4.78 is 28.0. The van der Waals surface area contributed by atoms with Gasteiger partial charge in [0.25, 0.3) is 0 Å². The molecule has 0 unspecified atom stereocenters. The number of carbonyl (C=O) groups is 1. The number of nitrogens with two attached hydrogens (primary N) is 1. The maximum atomic E-state index is 12.6. The highest BCUT2D eigenvalue weighted by atomic mass is 32.2. The van der Waals surface area contributed by atoms with Gasteiger partial charge in [-0.3, -0.25) is 4.79 Å². The molecule has 128 valence electrons. The average Bonchev–Trinajstić information content (AvgIpc) is 2.53. The molecular formula is C15H23N3O4S. The highest BCUT2D eigenvalue weighted by Gasteiger charge is 2.39. The number of benzene rings is 1. The molecule has 0 bridgehead atoms. The van der Waals surface area contributed by atoms with E-state index < -0.39 is 15.4 Å². The first-order valence-corrected chi connectivity index (χ1v) is 9.02. The number of hydrogen-bond donors (Lipinski definition) is 3. The Morgan fingerprint density at radius 2 is 2.09 bits per heavy atom. The molecule has 2 rings (SSSR count). The minimum Gasteiger partial charge on any atom is -0.384 e. The quantitative estimate of drug-likeness (QED) is 0.673. The van der Waals surface area contributed by atoms with Crippen molar-refractivity contribution in [2.75, 3.05) is 26.8 Å². The molecular weight excluding hydrogens is 318 g/mol. The maximum absolute atomic E-state index is 12.6. The Morgan fingerprint density at radius 3 is 2.70 bits per heavy atom. The lowest BCUT2D eigenvalue weighted by Gasteiger charge is -2.35. The molecule has 1 fully saturated rings. The standard InChI is InChI=1S/C15H23N3O4S/c1-22-11-15(5-7-17-8-6-15)14(19)18-10-12-3-2-4-13(9-12)23(16,20)21/h2-4,9,17H,5-8,10-11H2,1H3,(H,18,19)(H2,16,20,21). The van der Waals surface area contributed by atoms with Crippen molar-refractivity contribution >= 4 is 15.9 Å². The molecule has 1 aromatic carbocycles. The van der Waals surface area contributed by atoms with E-state index in [0.29, 0.717) is 25.0 Å². The molecule has 0 radical (unpaired) electrons. The summed E-state index contributed by atoms with van der Waals surface area (Å²) in [6.07, 6.45) is 1.42. The smallest absolute Gasteiger partial charge is 0.238 e. The van der Waals surface area contributed by atoms with Crippen LogP contribution in [0.2, 0.25) is 0 Å². The van der Waals surface area contributed by atoms with Gasteiger partial charge in [0.2, 0.25) is 15.9 Å². The van der Waals surface area contributed by atoms with Crippen LogP contribution in [0, 0.1) is 5.41 Å². The predicted molar refractivity (Wildman–Crippen MR) is 86.1 cm³/mol. The number of primary sulfonamides is 1. The van der Waals surface area contributed by atoms with E-state index in [2.05, 4.69) is 10.6 Å². The number of carbonyl (C=O) groups excluding carboxylic acids is 1. The number of sulfonamides is 1. The fraction of sp³-hybridized carbons (Fsp3) is 0.533. The summed E-state index contributed by atoms with van der Waals surface area (Å²) in [7, 11) is -2.16. The van der Waals surface area contributed by atoms with Gasteiger partial charge < -0.3 is 15.4 Å². The molecule has 1 aliphatic heterocycles. The Labute approximate surface area is 136 Å². The number of nitrogens with one attached hydrogen (secondary N) is 2. The van der Waals surface area contributed by atoms with E-state index in [1.807, 2.05) is 0 Å². The van der Waals surface area contributed by atoms with Crippen LogP contribution >= 0.6 is 0 Å². The average molecular weight is 341 g/mol. The van der Waals surface area contributed by atoms with Gasteiger partial charge in [0, 0.05) is 13.7 Å². The highest BCUT2D eigenvalue weighted by Crippen LogP contribution is 2.29. The van der Waals surface area contributed by atoms with Crippen LogP contribution in [0.4, 0.5) is 0 Å². The number of methoxy groups -OCH3 is 1. The van der Waals surface area contributed by atoms with Crippen LogP contribution in [0.5, 0.6) is 0 Å². The molecule has 0 spiro atoms. The largest absolute Gasteiger partial charge is 0.384 e. The summed E-state index contributed by atoms with van der Waals surface area (Å²) in [5.74, 6) is -0.0677. The van der Waals surface area contributed by atoms with E-state index in [9.17, 15) is 13.2 Å². The molecule has 23 heavy (non-hydrogen) atoms. The molecule has 1 aliphatic rings. The van der Waals surface area contributed by atoms with Crippen LogP contribution in [0.3, 0.4) is 0 Å². The SMILES string of the molecule is COCC1(C(=O)NCc2cccc(S(N)(=O)=O)c2)CCNCC1. The number of hydrogen-bond acceptors (Lipinski definition) is 5. The van der Waals surface area contributed by atoms with Gasteiger partial charge in [-0.2, -0.15) is 0 Å². The fourth-order valence-electron chi connectivity index (χ4n) is 2.82. The van der Waals surface area contributed by atoms with E-state index >= 15 is 0 Å². The Morgan fingerprint density at radius 1 is 1.39 bits per heavy atom. The van der Waals surface area contributed by atoms with Gasteiger partial charge in [0.1, 0.15) is 0 Å². The molecule has 1 saturated heterocycles. The van der Waals surface area contributed by atoms with Gasteiger partial charge in [-0.1, -0.05) is 12.1 Å².